The molecule has 2 N–H and O–H groups in total. The third-order valence-electron chi connectivity index (χ3n) is 5.54. The number of piperidine rings is 1. The number of H-pyrrole nitrogens is 1. The lowest BCUT2D eigenvalue weighted by molar-refractivity contribution is 0.0693. The van der Waals surface area contributed by atoms with Gasteiger partial charge < -0.3 is 15.2 Å². The Bertz CT molecular complexity index is 1010. The summed E-state index contributed by atoms with van der Waals surface area (Å²) in [6, 6.07) is 15.1. The van der Waals surface area contributed by atoms with Gasteiger partial charge in [0.1, 0.15) is 5.69 Å². The van der Waals surface area contributed by atoms with E-state index in [1.54, 1.807) is 12.1 Å². The van der Waals surface area contributed by atoms with Crippen LogP contribution in [0.4, 0.5) is 5.69 Å². The van der Waals surface area contributed by atoms with Crippen molar-refractivity contribution >= 4 is 28.4 Å². The molecule has 1 aliphatic heterocycles. The van der Waals surface area contributed by atoms with Crippen LogP contribution in [0.15, 0.2) is 48.5 Å². The number of aromatic nitrogens is 1. The zero-order chi connectivity index (χ0) is 19.7. The number of benzene rings is 2. The molecule has 4 rings (SSSR count). The van der Waals surface area contributed by atoms with Crippen molar-refractivity contribution in [2.24, 2.45) is 5.92 Å². The molecular formula is C23H25N3O2. The maximum absolute atomic E-state index is 13.2. The first-order valence-corrected chi connectivity index (χ1v) is 9.81. The van der Waals surface area contributed by atoms with Gasteiger partial charge in [0.2, 0.25) is 0 Å². The number of aromatic amines is 1. The molecular weight excluding hydrogens is 350 g/mol. The molecule has 0 unspecified atom stereocenters. The minimum atomic E-state index is -0.217. The summed E-state index contributed by atoms with van der Waals surface area (Å²) in [5.41, 5.74) is 3.52. The summed E-state index contributed by atoms with van der Waals surface area (Å²) in [7, 11) is 0. The van der Waals surface area contributed by atoms with Crippen LogP contribution in [0.3, 0.4) is 0 Å². The molecule has 1 aromatic heterocycles. The molecule has 1 fully saturated rings. The summed E-state index contributed by atoms with van der Waals surface area (Å²) in [4.78, 5) is 31.1. The molecule has 2 heterocycles. The summed E-state index contributed by atoms with van der Waals surface area (Å²) < 4.78 is 0. The molecule has 0 atom stereocenters. The molecule has 2 amide bonds. The number of amides is 2. The number of aryl methyl sites for hydroxylation is 1. The molecule has 2 aromatic carbocycles. The van der Waals surface area contributed by atoms with E-state index in [1.807, 2.05) is 48.2 Å². The summed E-state index contributed by atoms with van der Waals surface area (Å²) in [5, 5.41) is 3.82. The molecule has 28 heavy (non-hydrogen) atoms. The molecule has 5 heteroatoms. The van der Waals surface area contributed by atoms with Gasteiger partial charge in [0.15, 0.2) is 0 Å². The van der Waals surface area contributed by atoms with E-state index in [-0.39, 0.29) is 11.8 Å². The van der Waals surface area contributed by atoms with Crippen LogP contribution in [0.5, 0.6) is 0 Å². The van der Waals surface area contributed by atoms with Crippen molar-refractivity contribution in [3.63, 3.8) is 0 Å². The first kappa shape index (κ1) is 18.3. The summed E-state index contributed by atoms with van der Waals surface area (Å²) >= 11 is 0. The fourth-order valence-electron chi connectivity index (χ4n) is 3.69. The lowest BCUT2D eigenvalue weighted by Crippen LogP contribution is -2.38. The third kappa shape index (κ3) is 3.52. The zero-order valence-electron chi connectivity index (χ0n) is 16.3. The monoisotopic (exact) mass is 375 g/mol. The van der Waals surface area contributed by atoms with Crippen LogP contribution in [-0.4, -0.2) is 34.8 Å². The van der Waals surface area contributed by atoms with Gasteiger partial charge in [-0.2, -0.15) is 0 Å². The van der Waals surface area contributed by atoms with Gasteiger partial charge in [-0.3, -0.25) is 9.59 Å². The van der Waals surface area contributed by atoms with Crippen molar-refractivity contribution in [2.75, 3.05) is 18.4 Å². The van der Waals surface area contributed by atoms with E-state index in [4.69, 9.17) is 0 Å². The number of carbonyl (C=O) groups is 2. The van der Waals surface area contributed by atoms with Crippen LogP contribution >= 0.6 is 0 Å². The van der Waals surface area contributed by atoms with Crippen LogP contribution in [-0.2, 0) is 0 Å². The van der Waals surface area contributed by atoms with Crippen molar-refractivity contribution in [1.29, 1.82) is 0 Å². The molecule has 1 saturated heterocycles. The van der Waals surface area contributed by atoms with Crippen molar-refractivity contribution in [3.8, 4) is 0 Å². The Labute approximate surface area is 164 Å². The minimum Gasteiger partial charge on any atom is -0.349 e. The Morgan fingerprint density at radius 3 is 2.43 bits per heavy atom. The van der Waals surface area contributed by atoms with E-state index < -0.39 is 0 Å². The highest BCUT2D eigenvalue weighted by atomic mass is 16.2. The molecule has 0 radical (unpaired) electrons. The Morgan fingerprint density at radius 2 is 1.71 bits per heavy atom. The number of nitrogens with one attached hydrogen (secondary N) is 2. The molecule has 3 aromatic rings. The molecule has 0 bridgehead atoms. The number of carbonyl (C=O) groups excluding carboxylic acids is 2. The van der Waals surface area contributed by atoms with Crippen LogP contribution in [0.25, 0.3) is 10.9 Å². The lowest BCUT2D eigenvalue weighted by atomic mass is 9.99. The van der Waals surface area contributed by atoms with E-state index in [0.717, 1.165) is 42.4 Å². The number of likely N-dealkylation sites (tertiary alicyclic amines) is 1. The molecule has 0 saturated carbocycles. The fourth-order valence-corrected chi connectivity index (χ4v) is 3.69. The number of hydrogen-bond acceptors (Lipinski definition) is 2. The number of anilines is 1. The Kier molecular flexibility index (Phi) is 4.90. The Hall–Kier alpha value is -3.08. The minimum absolute atomic E-state index is 0.0534. The van der Waals surface area contributed by atoms with E-state index in [2.05, 4.69) is 17.2 Å². The smallest absolute Gasteiger partial charge is 0.272 e. The topological polar surface area (TPSA) is 65.2 Å². The highest BCUT2D eigenvalue weighted by molar-refractivity contribution is 6.15. The maximum Gasteiger partial charge on any atom is 0.272 e. The van der Waals surface area contributed by atoms with Gasteiger partial charge in [0.25, 0.3) is 11.8 Å². The number of hydrogen-bond donors (Lipinski definition) is 2. The first-order valence-electron chi connectivity index (χ1n) is 9.81. The van der Waals surface area contributed by atoms with E-state index >= 15 is 0 Å². The molecule has 5 nitrogen and oxygen atoms in total. The number of fused-ring (bicyclic) bond motifs is 1. The number of rotatable bonds is 3. The maximum atomic E-state index is 13.2. The first-order chi connectivity index (χ1) is 13.5. The predicted octanol–water partition coefficient (Wildman–Crippen LogP) is 4.60. The second kappa shape index (κ2) is 7.50. The zero-order valence-corrected chi connectivity index (χ0v) is 16.3. The predicted molar refractivity (Wildman–Crippen MR) is 112 cm³/mol. The number of nitrogens with zero attached hydrogens (tertiary/aromatic N) is 1. The van der Waals surface area contributed by atoms with Crippen molar-refractivity contribution in [3.05, 3.63) is 65.4 Å². The highest BCUT2D eigenvalue weighted by Crippen LogP contribution is 2.30. The summed E-state index contributed by atoms with van der Waals surface area (Å²) in [6.45, 7) is 5.71. The largest absolute Gasteiger partial charge is 0.349 e. The second-order valence-electron chi connectivity index (χ2n) is 7.72. The molecule has 0 aliphatic carbocycles. The summed E-state index contributed by atoms with van der Waals surface area (Å²) in [6.07, 6.45) is 2.02. The van der Waals surface area contributed by atoms with Crippen molar-refractivity contribution in [2.45, 2.75) is 26.7 Å². The fraction of sp³-hybridized carbons (Fsp3) is 0.304. The van der Waals surface area contributed by atoms with Gasteiger partial charge in [-0.05, 0) is 43.9 Å². The quantitative estimate of drug-likeness (QED) is 0.703. The van der Waals surface area contributed by atoms with Crippen LogP contribution in [0.1, 0.15) is 46.2 Å². The lowest BCUT2D eigenvalue weighted by Gasteiger charge is -2.30. The van der Waals surface area contributed by atoms with Crippen molar-refractivity contribution in [1.82, 2.24) is 9.88 Å². The van der Waals surface area contributed by atoms with Gasteiger partial charge in [-0.1, -0.05) is 42.8 Å². The van der Waals surface area contributed by atoms with Gasteiger partial charge in [-0.15, -0.1) is 0 Å². The van der Waals surface area contributed by atoms with E-state index in [9.17, 15) is 9.59 Å². The average molecular weight is 375 g/mol. The highest BCUT2D eigenvalue weighted by Gasteiger charge is 2.26. The Morgan fingerprint density at radius 1 is 1.04 bits per heavy atom. The van der Waals surface area contributed by atoms with Crippen LogP contribution < -0.4 is 5.32 Å². The Balaban J connectivity index is 1.68. The van der Waals surface area contributed by atoms with Crippen LogP contribution in [0.2, 0.25) is 0 Å². The number of para-hydroxylation sites is 1. The van der Waals surface area contributed by atoms with Gasteiger partial charge in [0.05, 0.1) is 5.69 Å². The van der Waals surface area contributed by atoms with E-state index in [1.165, 1.54) is 0 Å². The third-order valence-corrected chi connectivity index (χ3v) is 5.54. The van der Waals surface area contributed by atoms with Crippen LogP contribution in [0, 0.1) is 12.8 Å². The second-order valence-corrected chi connectivity index (χ2v) is 7.72. The van der Waals surface area contributed by atoms with Crippen molar-refractivity contribution < 1.29 is 9.59 Å². The molecule has 1 aliphatic rings. The van der Waals surface area contributed by atoms with Gasteiger partial charge in [-0.25, -0.2) is 0 Å². The molecule has 144 valence electrons. The standard InChI is InChI=1S/C23H25N3O2/c1-15-7-9-17(10-8-15)22(27)25-20-18-5-3-4-6-19(18)24-21(20)23(28)26-13-11-16(2)12-14-26/h3-10,16,24H,11-14H2,1-2H3,(H,25,27). The molecule has 0 spiro atoms. The SMILES string of the molecule is Cc1ccc(C(=O)Nc2c(C(=O)N3CCC(C)CC3)[nH]c3ccccc23)cc1. The van der Waals surface area contributed by atoms with E-state index in [0.29, 0.717) is 22.9 Å². The van der Waals surface area contributed by atoms with Gasteiger partial charge in [0, 0.05) is 29.6 Å². The average Bonchev–Trinajstić information content (AvgIpc) is 3.07. The summed E-state index contributed by atoms with van der Waals surface area (Å²) in [5.74, 6) is 0.376. The normalized spacial score (nSPS) is 15.0. The van der Waals surface area contributed by atoms with Gasteiger partial charge >= 0.3 is 0 Å².